The van der Waals surface area contributed by atoms with Crippen LogP contribution in [0.1, 0.15) is 16.1 Å². The summed E-state index contributed by atoms with van der Waals surface area (Å²) >= 11 is 12.0. The third kappa shape index (κ3) is 4.85. The number of aromatic nitrogens is 1. The molecule has 3 rings (SSSR count). The number of nitrogens with one attached hydrogen (secondary N) is 2. The van der Waals surface area contributed by atoms with Crippen molar-refractivity contribution in [2.45, 2.75) is 6.92 Å². The van der Waals surface area contributed by atoms with Crippen LogP contribution in [0.2, 0.25) is 10.0 Å². The number of halogens is 2. The van der Waals surface area contributed by atoms with E-state index in [-0.39, 0.29) is 15.6 Å². The van der Waals surface area contributed by atoms with Crippen molar-refractivity contribution in [3.63, 3.8) is 0 Å². The second-order valence-electron chi connectivity index (χ2n) is 6.06. The maximum Gasteiger partial charge on any atom is 0.327 e. The maximum absolute atomic E-state index is 12.3. The molecule has 148 valence electrons. The van der Waals surface area contributed by atoms with E-state index in [1.54, 1.807) is 19.2 Å². The van der Waals surface area contributed by atoms with Crippen LogP contribution in [0.3, 0.4) is 0 Å². The van der Waals surface area contributed by atoms with Gasteiger partial charge in [0.25, 0.3) is 5.91 Å². The number of urea groups is 1. The lowest BCUT2D eigenvalue weighted by Crippen LogP contribution is -2.35. The van der Waals surface area contributed by atoms with Gasteiger partial charge >= 0.3 is 6.03 Å². The van der Waals surface area contributed by atoms with Gasteiger partial charge in [-0.1, -0.05) is 41.4 Å². The van der Waals surface area contributed by atoms with Crippen LogP contribution in [0.25, 0.3) is 11.1 Å². The van der Waals surface area contributed by atoms with Crippen molar-refractivity contribution in [3.8, 4) is 16.9 Å². The van der Waals surface area contributed by atoms with Gasteiger partial charge in [0.15, 0.2) is 0 Å². The molecule has 0 spiro atoms. The number of carbonyl (C=O) groups excluding carboxylic acids is 2. The molecule has 29 heavy (non-hydrogen) atoms. The zero-order chi connectivity index (χ0) is 21.0. The van der Waals surface area contributed by atoms with E-state index in [1.165, 1.54) is 12.1 Å². The van der Waals surface area contributed by atoms with E-state index in [0.717, 1.165) is 16.9 Å². The average molecular weight is 430 g/mol. The van der Waals surface area contributed by atoms with Gasteiger partial charge in [0, 0.05) is 11.3 Å². The summed E-state index contributed by atoms with van der Waals surface area (Å²) in [5, 5.41) is 5.03. The van der Waals surface area contributed by atoms with Gasteiger partial charge in [0.1, 0.15) is 11.6 Å². The number of methoxy groups -OCH3 is 1. The van der Waals surface area contributed by atoms with Gasteiger partial charge in [0.2, 0.25) is 0 Å². The number of ether oxygens (including phenoxy) is 1. The summed E-state index contributed by atoms with van der Waals surface area (Å²) in [6.45, 7) is 1.83. The fourth-order valence-corrected chi connectivity index (χ4v) is 3.30. The second kappa shape index (κ2) is 8.94. The van der Waals surface area contributed by atoms with Crippen molar-refractivity contribution in [3.05, 3.63) is 75.9 Å². The fraction of sp³-hybridized carbons (Fsp3) is 0.0952. The number of benzene rings is 2. The van der Waals surface area contributed by atoms with Gasteiger partial charge in [-0.15, -0.1) is 0 Å². The summed E-state index contributed by atoms with van der Waals surface area (Å²) in [5.41, 5.74) is 2.63. The lowest BCUT2D eigenvalue weighted by atomic mass is 10.0. The number of hydrogen-bond acceptors (Lipinski definition) is 4. The van der Waals surface area contributed by atoms with Crippen molar-refractivity contribution in [2.24, 2.45) is 0 Å². The molecule has 0 atom stereocenters. The number of anilines is 1. The second-order valence-corrected chi connectivity index (χ2v) is 6.88. The summed E-state index contributed by atoms with van der Waals surface area (Å²) in [5.74, 6) is 0.359. The smallest absolute Gasteiger partial charge is 0.327 e. The van der Waals surface area contributed by atoms with Crippen LogP contribution in [0.15, 0.2) is 54.6 Å². The van der Waals surface area contributed by atoms with E-state index in [9.17, 15) is 9.59 Å². The minimum atomic E-state index is -0.741. The summed E-state index contributed by atoms with van der Waals surface area (Å²) in [6.07, 6.45) is 0. The third-order valence-electron chi connectivity index (χ3n) is 4.15. The van der Waals surface area contributed by atoms with Crippen LogP contribution in [-0.2, 0) is 0 Å². The number of aryl methyl sites for hydroxylation is 1. The first-order valence-corrected chi connectivity index (χ1v) is 9.33. The molecule has 0 radical (unpaired) electrons. The Morgan fingerprint density at radius 3 is 2.21 bits per heavy atom. The summed E-state index contributed by atoms with van der Waals surface area (Å²) in [4.78, 5) is 28.8. The molecule has 0 aliphatic rings. The van der Waals surface area contributed by atoms with Gasteiger partial charge in [-0.2, -0.15) is 0 Å². The van der Waals surface area contributed by atoms with Gasteiger partial charge in [-0.3, -0.25) is 15.4 Å². The predicted molar refractivity (Wildman–Crippen MR) is 114 cm³/mol. The fourth-order valence-electron chi connectivity index (χ4n) is 2.73. The normalized spacial score (nSPS) is 10.3. The first-order valence-electron chi connectivity index (χ1n) is 8.57. The highest BCUT2D eigenvalue weighted by Gasteiger charge is 2.17. The molecule has 0 unspecified atom stereocenters. The largest absolute Gasteiger partial charge is 0.497 e. The van der Waals surface area contributed by atoms with E-state index in [1.807, 2.05) is 37.3 Å². The number of amides is 3. The first-order chi connectivity index (χ1) is 13.9. The Morgan fingerprint density at radius 1 is 0.966 bits per heavy atom. The van der Waals surface area contributed by atoms with Crippen molar-refractivity contribution in [1.29, 1.82) is 0 Å². The van der Waals surface area contributed by atoms with Gasteiger partial charge in [-0.25, -0.2) is 9.78 Å². The summed E-state index contributed by atoms with van der Waals surface area (Å²) in [6, 6.07) is 15.0. The molecule has 3 aromatic rings. The molecule has 2 aromatic carbocycles. The maximum atomic E-state index is 12.3. The predicted octanol–water partition coefficient (Wildman–Crippen LogP) is 5.33. The van der Waals surface area contributed by atoms with Gasteiger partial charge < -0.3 is 4.74 Å². The van der Waals surface area contributed by atoms with Crippen molar-refractivity contribution < 1.29 is 14.3 Å². The van der Waals surface area contributed by atoms with Crippen molar-refractivity contribution >= 4 is 41.0 Å². The molecular formula is C21H17Cl2N3O3. The topological polar surface area (TPSA) is 80.3 Å². The summed E-state index contributed by atoms with van der Waals surface area (Å²) in [7, 11) is 1.61. The molecule has 1 heterocycles. The van der Waals surface area contributed by atoms with Crippen LogP contribution in [-0.4, -0.2) is 24.0 Å². The van der Waals surface area contributed by atoms with Crippen LogP contribution in [0, 0.1) is 6.92 Å². The van der Waals surface area contributed by atoms with Crippen LogP contribution >= 0.6 is 23.2 Å². The van der Waals surface area contributed by atoms with Crippen LogP contribution in [0.5, 0.6) is 5.75 Å². The molecule has 0 aliphatic heterocycles. The molecule has 0 fully saturated rings. The van der Waals surface area contributed by atoms with E-state index >= 15 is 0 Å². The molecule has 0 bridgehead atoms. The SMILES string of the molecule is COc1ccc(-c2ccc(NC(=O)NC(=O)c3c(Cl)cccc3Cl)nc2C)cc1. The molecule has 0 aliphatic carbocycles. The number of carbonyl (C=O) groups is 2. The quantitative estimate of drug-likeness (QED) is 0.586. The lowest BCUT2D eigenvalue weighted by molar-refractivity contribution is 0.0967. The highest BCUT2D eigenvalue weighted by molar-refractivity contribution is 6.40. The monoisotopic (exact) mass is 429 g/mol. The minimum Gasteiger partial charge on any atom is -0.497 e. The molecule has 1 aromatic heterocycles. The number of pyridine rings is 1. The van der Waals surface area contributed by atoms with Crippen molar-refractivity contribution in [2.75, 3.05) is 12.4 Å². The molecule has 8 heteroatoms. The zero-order valence-electron chi connectivity index (χ0n) is 15.6. The number of nitrogens with zero attached hydrogens (tertiary/aromatic N) is 1. The van der Waals surface area contributed by atoms with E-state index in [2.05, 4.69) is 15.6 Å². The number of rotatable bonds is 4. The zero-order valence-corrected chi connectivity index (χ0v) is 17.1. The van der Waals surface area contributed by atoms with Crippen molar-refractivity contribution in [1.82, 2.24) is 10.3 Å². The molecular weight excluding hydrogens is 413 g/mol. The minimum absolute atomic E-state index is 0.0324. The first kappa shape index (κ1) is 20.6. The standard InChI is InChI=1S/C21H17Cl2N3O3/c1-12-15(13-6-8-14(29-2)9-7-13)10-11-18(24-12)25-21(28)26-20(27)19-16(22)4-3-5-17(19)23/h3-11H,1-2H3,(H2,24,25,26,27,28). The Kier molecular flexibility index (Phi) is 6.36. The molecule has 0 saturated heterocycles. The van der Waals surface area contributed by atoms with E-state index in [4.69, 9.17) is 27.9 Å². The lowest BCUT2D eigenvalue weighted by Gasteiger charge is -2.11. The van der Waals surface area contributed by atoms with Gasteiger partial charge in [0.05, 0.1) is 22.7 Å². The average Bonchev–Trinajstić information content (AvgIpc) is 2.68. The van der Waals surface area contributed by atoms with Crippen LogP contribution < -0.4 is 15.4 Å². The Labute approximate surface area is 177 Å². The Balaban J connectivity index is 1.71. The number of imide groups is 1. The third-order valence-corrected chi connectivity index (χ3v) is 4.78. The number of hydrogen-bond donors (Lipinski definition) is 2. The molecule has 2 N–H and O–H groups in total. The molecule has 3 amide bonds. The van der Waals surface area contributed by atoms with Crippen LogP contribution in [0.4, 0.5) is 10.6 Å². The highest BCUT2D eigenvalue weighted by Crippen LogP contribution is 2.26. The Bertz CT molecular complexity index is 1050. The van der Waals surface area contributed by atoms with E-state index < -0.39 is 11.9 Å². The highest BCUT2D eigenvalue weighted by atomic mass is 35.5. The Morgan fingerprint density at radius 2 is 1.62 bits per heavy atom. The van der Waals surface area contributed by atoms with E-state index in [0.29, 0.717) is 11.5 Å². The molecule has 6 nitrogen and oxygen atoms in total. The van der Waals surface area contributed by atoms with Gasteiger partial charge in [-0.05, 0) is 48.9 Å². The Hall–Kier alpha value is -3.09. The molecule has 0 saturated carbocycles. The summed E-state index contributed by atoms with van der Waals surface area (Å²) < 4.78 is 5.16.